The van der Waals surface area contributed by atoms with Gasteiger partial charge in [0.15, 0.2) is 0 Å². The van der Waals surface area contributed by atoms with E-state index in [0.717, 1.165) is 12.5 Å². The van der Waals surface area contributed by atoms with Gasteiger partial charge in [0.05, 0.1) is 5.75 Å². The van der Waals surface area contributed by atoms with Gasteiger partial charge in [-0.25, -0.2) is 0 Å². The lowest BCUT2D eigenvalue weighted by molar-refractivity contribution is -0.120. The predicted octanol–water partition coefficient (Wildman–Crippen LogP) is 0.271. The number of nitrogens with zero attached hydrogens (tertiary/aromatic N) is 1. The average Bonchev–Trinajstić information content (AvgIpc) is 2.49. The number of hydrogen-bond acceptors (Lipinski definition) is 3. The van der Waals surface area contributed by atoms with Crippen LogP contribution in [0.15, 0.2) is 0 Å². The van der Waals surface area contributed by atoms with E-state index in [4.69, 9.17) is 0 Å². The van der Waals surface area contributed by atoms with E-state index in [2.05, 4.69) is 10.2 Å². The first-order valence-electron chi connectivity index (χ1n) is 4.96. The Morgan fingerprint density at radius 3 is 2.69 bits per heavy atom. The molecule has 2 bridgehead atoms. The molecule has 0 aromatic heterocycles. The van der Waals surface area contributed by atoms with Crippen molar-refractivity contribution in [3.8, 4) is 0 Å². The van der Waals surface area contributed by atoms with E-state index in [9.17, 15) is 4.79 Å². The molecule has 72 valence electrons. The van der Waals surface area contributed by atoms with Crippen molar-refractivity contribution in [2.24, 2.45) is 5.92 Å². The molecule has 4 aliphatic heterocycles. The third kappa shape index (κ3) is 1.12. The summed E-state index contributed by atoms with van der Waals surface area (Å²) in [6, 6.07) is 0. The van der Waals surface area contributed by atoms with Crippen LogP contribution < -0.4 is 5.32 Å². The highest BCUT2D eigenvalue weighted by Gasteiger charge is 2.50. The zero-order valence-electron chi connectivity index (χ0n) is 7.58. The van der Waals surface area contributed by atoms with Gasteiger partial charge in [-0.2, -0.15) is 0 Å². The van der Waals surface area contributed by atoms with E-state index >= 15 is 0 Å². The fourth-order valence-corrected chi connectivity index (χ4v) is 4.22. The lowest BCUT2D eigenvalue weighted by Crippen LogP contribution is -2.62. The van der Waals surface area contributed by atoms with Gasteiger partial charge in [0.2, 0.25) is 5.91 Å². The first-order valence-corrected chi connectivity index (χ1v) is 5.94. The van der Waals surface area contributed by atoms with Crippen molar-refractivity contribution in [2.45, 2.75) is 17.7 Å². The summed E-state index contributed by atoms with van der Waals surface area (Å²) in [6.45, 7) is 3.56. The van der Waals surface area contributed by atoms with Gasteiger partial charge in [-0.15, -0.1) is 11.8 Å². The third-order valence-corrected chi connectivity index (χ3v) is 5.00. The fourth-order valence-electron chi connectivity index (χ4n) is 2.83. The number of carbonyl (C=O) groups excluding carboxylic acids is 1. The molecular formula is C9H14N2OS. The summed E-state index contributed by atoms with van der Waals surface area (Å²) in [5.41, 5.74) is 0. The maximum Gasteiger partial charge on any atom is 0.231 e. The van der Waals surface area contributed by atoms with Gasteiger partial charge in [-0.05, 0) is 31.8 Å². The number of fused-ring (bicyclic) bond motifs is 2. The van der Waals surface area contributed by atoms with Crippen LogP contribution in [0.5, 0.6) is 0 Å². The highest BCUT2D eigenvalue weighted by Crippen LogP contribution is 2.45. The topological polar surface area (TPSA) is 32.3 Å². The third-order valence-electron chi connectivity index (χ3n) is 3.52. The second kappa shape index (κ2) is 2.64. The molecule has 4 heteroatoms. The highest BCUT2D eigenvalue weighted by atomic mass is 32.2. The zero-order valence-corrected chi connectivity index (χ0v) is 8.40. The number of piperidine rings is 3. The van der Waals surface area contributed by atoms with Crippen molar-refractivity contribution in [1.29, 1.82) is 0 Å². The first kappa shape index (κ1) is 8.12. The summed E-state index contributed by atoms with van der Waals surface area (Å²) < 4.78 is 0. The van der Waals surface area contributed by atoms with Crippen molar-refractivity contribution in [2.75, 3.05) is 25.4 Å². The van der Waals surface area contributed by atoms with E-state index in [1.807, 2.05) is 11.8 Å². The van der Waals surface area contributed by atoms with E-state index in [0.29, 0.717) is 5.75 Å². The van der Waals surface area contributed by atoms with Crippen LogP contribution in [0.4, 0.5) is 0 Å². The molecule has 4 aliphatic rings. The molecule has 0 aromatic carbocycles. The number of thioether (sulfide) groups is 1. The molecule has 4 rings (SSSR count). The minimum atomic E-state index is 0.105. The highest BCUT2D eigenvalue weighted by molar-refractivity contribution is 8.01. The van der Waals surface area contributed by atoms with Crippen molar-refractivity contribution in [3.63, 3.8) is 0 Å². The Hall–Kier alpha value is -0.220. The monoisotopic (exact) mass is 198 g/mol. The van der Waals surface area contributed by atoms with Gasteiger partial charge in [0.25, 0.3) is 0 Å². The Kier molecular flexibility index (Phi) is 1.65. The van der Waals surface area contributed by atoms with Gasteiger partial charge in [-0.1, -0.05) is 0 Å². The van der Waals surface area contributed by atoms with Crippen LogP contribution in [0.25, 0.3) is 0 Å². The van der Waals surface area contributed by atoms with Crippen LogP contribution in [0, 0.1) is 5.92 Å². The van der Waals surface area contributed by atoms with Crippen LogP contribution >= 0.6 is 11.8 Å². The van der Waals surface area contributed by atoms with Crippen LogP contribution in [-0.2, 0) is 4.79 Å². The molecule has 1 amide bonds. The van der Waals surface area contributed by atoms with Gasteiger partial charge in [0.1, 0.15) is 4.87 Å². The second-order valence-electron chi connectivity index (χ2n) is 4.28. The smallest absolute Gasteiger partial charge is 0.231 e. The summed E-state index contributed by atoms with van der Waals surface area (Å²) in [6.07, 6.45) is 2.54. The molecule has 1 spiro atoms. The molecule has 3 nitrogen and oxygen atoms in total. The molecule has 13 heavy (non-hydrogen) atoms. The molecule has 4 heterocycles. The van der Waals surface area contributed by atoms with Crippen LogP contribution in [0.2, 0.25) is 0 Å². The van der Waals surface area contributed by atoms with E-state index in [1.54, 1.807) is 0 Å². The molecule has 0 aromatic rings. The normalized spacial score (nSPS) is 48.5. The number of amides is 1. The fraction of sp³-hybridized carbons (Fsp3) is 0.889. The lowest BCUT2D eigenvalue weighted by Gasteiger charge is -2.50. The molecule has 4 fully saturated rings. The van der Waals surface area contributed by atoms with E-state index < -0.39 is 0 Å². The van der Waals surface area contributed by atoms with Crippen molar-refractivity contribution < 1.29 is 4.79 Å². The summed E-state index contributed by atoms with van der Waals surface area (Å²) in [5.74, 6) is 1.64. The predicted molar refractivity (Wildman–Crippen MR) is 52.5 cm³/mol. The quantitative estimate of drug-likeness (QED) is 0.606. The van der Waals surface area contributed by atoms with Gasteiger partial charge in [0, 0.05) is 6.54 Å². The molecule has 1 N–H and O–H groups in total. The SMILES string of the molecule is O=C1CS[C@@]2(CN3CCC2CC3)N1. The summed E-state index contributed by atoms with van der Waals surface area (Å²) in [7, 11) is 0. The van der Waals surface area contributed by atoms with Gasteiger partial charge >= 0.3 is 0 Å². The van der Waals surface area contributed by atoms with Crippen molar-refractivity contribution in [3.05, 3.63) is 0 Å². The molecule has 0 saturated carbocycles. The summed E-state index contributed by atoms with van der Waals surface area (Å²) in [4.78, 5) is 13.8. The summed E-state index contributed by atoms with van der Waals surface area (Å²) in [5, 5.41) is 3.18. The number of rotatable bonds is 0. The molecule has 1 atom stereocenters. The van der Waals surface area contributed by atoms with E-state index in [-0.39, 0.29) is 10.8 Å². The first-order chi connectivity index (χ1) is 6.28. The average molecular weight is 198 g/mol. The largest absolute Gasteiger partial charge is 0.339 e. The Balaban J connectivity index is 1.87. The molecular weight excluding hydrogens is 184 g/mol. The van der Waals surface area contributed by atoms with Crippen molar-refractivity contribution in [1.82, 2.24) is 10.2 Å². The lowest BCUT2D eigenvalue weighted by atomic mass is 9.83. The molecule has 0 aliphatic carbocycles. The molecule has 0 radical (unpaired) electrons. The van der Waals surface area contributed by atoms with Gasteiger partial charge in [-0.3, -0.25) is 4.79 Å². The van der Waals surface area contributed by atoms with Crippen molar-refractivity contribution >= 4 is 17.7 Å². The Morgan fingerprint density at radius 2 is 2.23 bits per heavy atom. The Labute approximate surface area is 82.2 Å². The zero-order chi connectivity index (χ0) is 8.89. The van der Waals surface area contributed by atoms with Gasteiger partial charge < -0.3 is 10.2 Å². The Bertz CT molecular complexity index is 250. The maximum atomic E-state index is 11.2. The minimum Gasteiger partial charge on any atom is -0.339 e. The second-order valence-corrected chi connectivity index (χ2v) is 5.58. The molecule has 4 saturated heterocycles. The van der Waals surface area contributed by atoms with Crippen LogP contribution in [0.3, 0.4) is 0 Å². The number of nitrogens with one attached hydrogen (secondary N) is 1. The summed E-state index contributed by atoms with van der Waals surface area (Å²) >= 11 is 1.83. The maximum absolute atomic E-state index is 11.2. The minimum absolute atomic E-state index is 0.105. The van der Waals surface area contributed by atoms with E-state index in [1.165, 1.54) is 25.9 Å². The number of hydrogen-bond donors (Lipinski definition) is 1. The van der Waals surface area contributed by atoms with Crippen LogP contribution in [0.1, 0.15) is 12.8 Å². The standard InChI is InChI=1S/C9H14N2OS/c12-8-5-13-9(10-8)6-11-3-1-7(9)2-4-11/h7H,1-6H2,(H,10,12)/t9-/m1/s1. The Morgan fingerprint density at radius 1 is 1.46 bits per heavy atom. The van der Waals surface area contributed by atoms with Crippen LogP contribution in [-0.4, -0.2) is 41.1 Å². The molecule has 0 unspecified atom stereocenters. The number of carbonyl (C=O) groups is 1.